The molecule has 17 heteroatoms. The lowest BCUT2D eigenvalue weighted by Crippen LogP contribution is -2.42. The van der Waals surface area contributed by atoms with Gasteiger partial charge in [-0.1, -0.05) is 44.0 Å². The van der Waals surface area contributed by atoms with Crippen LogP contribution < -0.4 is 25.0 Å². The first-order valence-electron chi connectivity index (χ1n) is 22.4. The monoisotopic (exact) mass is 1060 g/mol. The maximum absolute atomic E-state index is 12.1. The van der Waals surface area contributed by atoms with E-state index in [4.69, 9.17) is 37.7 Å². The van der Waals surface area contributed by atoms with Crippen LogP contribution in [0.25, 0.3) is 0 Å². The van der Waals surface area contributed by atoms with Crippen molar-refractivity contribution in [1.29, 1.82) is 0 Å². The Kier molecular flexibility index (Phi) is 22.4. The molecule has 67 heavy (non-hydrogen) atoms. The topological polar surface area (TPSA) is 144 Å². The van der Waals surface area contributed by atoms with Crippen LogP contribution in [0.15, 0.2) is 81.7 Å². The lowest BCUT2D eigenvalue weighted by molar-refractivity contribution is 0.00578. The summed E-state index contributed by atoms with van der Waals surface area (Å²) in [6, 6.07) is 22.5. The SMILES string of the molecule is CC(COc1ccc(B2OC(C)(C)C(C)(C)O2)cc1)N(C)C(=O)OC(C)(C)C.CC(COc1ccc(Br)cc1)N(C)C(=O)OC(C)(C)C.CC(COc1ccc(Br)cc1)NC(=O)OC(C)(C)C. The normalized spacial score (nSPS) is 15.4. The minimum atomic E-state index is -0.519. The van der Waals surface area contributed by atoms with Crippen molar-refractivity contribution in [3.05, 3.63) is 81.7 Å². The molecule has 3 aromatic carbocycles. The van der Waals surface area contributed by atoms with Gasteiger partial charge in [0.1, 0.15) is 53.9 Å². The van der Waals surface area contributed by atoms with Crippen LogP contribution in [0.3, 0.4) is 0 Å². The molecule has 3 aromatic rings. The van der Waals surface area contributed by atoms with E-state index in [1.54, 1.807) is 23.9 Å². The fourth-order valence-electron chi connectivity index (χ4n) is 5.22. The highest BCUT2D eigenvalue weighted by Gasteiger charge is 2.51. The number of benzene rings is 3. The summed E-state index contributed by atoms with van der Waals surface area (Å²) in [4.78, 5) is 38.6. The summed E-state index contributed by atoms with van der Waals surface area (Å²) in [5.41, 5.74) is -1.28. The molecule has 1 saturated heterocycles. The van der Waals surface area contributed by atoms with Gasteiger partial charge in [-0.25, -0.2) is 14.4 Å². The minimum Gasteiger partial charge on any atom is -0.491 e. The van der Waals surface area contributed by atoms with E-state index in [0.29, 0.717) is 19.8 Å². The van der Waals surface area contributed by atoms with Gasteiger partial charge >= 0.3 is 25.4 Å². The molecule has 0 bridgehead atoms. The third-order valence-corrected chi connectivity index (χ3v) is 11.0. The van der Waals surface area contributed by atoms with Gasteiger partial charge in [0, 0.05) is 23.0 Å². The molecule has 0 saturated carbocycles. The number of alkyl carbamates (subject to hydrolysis) is 1. The van der Waals surface area contributed by atoms with Crippen molar-refractivity contribution in [3.63, 3.8) is 0 Å². The van der Waals surface area contributed by atoms with E-state index in [-0.39, 0.29) is 41.5 Å². The Balaban J connectivity index is 0.000000355. The van der Waals surface area contributed by atoms with E-state index in [1.165, 1.54) is 0 Å². The molecule has 3 amide bonds. The smallest absolute Gasteiger partial charge is 0.491 e. The van der Waals surface area contributed by atoms with Gasteiger partial charge in [0.05, 0.1) is 29.3 Å². The lowest BCUT2D eigenvalue weighted by Gasteiger charge is -2.32. The molecule has 1 heterocycles. The minimum absolute atomic E-state index is 0.0755. The maximum atomic E-state index is 12.1. The van der Waals surface area contributed by atoms with E-state index in [0.717, 1.165) is 31.7 Å². The molecule has 4 rings (SSSR count). The molecule has 0 spiro atoms. The molecule has 1 N–H and O–H groups in total. The zero-order valence-electron chi connectivity index (χ0n) is 43.0. The number of ether oxygens (including phenoxy) is 6. The summed E-state index contributed by atoms with van der Waals surface area (Å²) >= 11 is 6.73. The maximum Gasteiger partial charge on any atom is 0.494 e. The molecule has 1 fully saturated rings. The predicted molar refractivity (Wildman–Crippen MR) is 273 cm³/mol. The summed E-state index contributed by atoms with van der Waals surface area (Å²) in [5, 5.41) is 2.72. The highest BCUT2D eigenvalue weighted by atomic mass is 79.9. The van der Waals surface area contributed by atoms with Crippen LogP contribution in [0.4, 0.5) is 14.4 Å². The number of likely N-dealkylation sites (N-methyl/N-ethyl adjacent to an activating group) is 2. The second-order valence-corrected chi connectivity index (χ2v) is 22.3. The Morgan fingerprint density at radius 1 is 0.567 bits per heavy atom. The number of nitrogens with one attached hydrogen (secondary N) is 1. The Morgan fingerprint density at radius 2 is 0.881 bits per heavy atom. The summed E-state index contributed by atoms with van der Waals surface area (Å²) in [6.45, 7) is 31.6. The van der Waals surface area contributed by atoms with Gasteiger partial charge < -0.3 is 52.8 Å². The number of carbonyl (C=O) groups excluding carboxylic acids is 3. The molecule has 0 aromatic heterocycles. The molecule has 3 unspecified atom stereocenters. The number of rotatable bonds is 13. The van der Waals surface area contributed by atoms with Crippen molar-refractivity contribution in [2.24, 2.45) is 0 Å². The van der Waals surface area contributed by atoms with E-state index in [9.17, 15) is 14.4 Å². The van der Waals surface area contributed by atoms with E-state index in [2.05, 4.69) is 37.2 Å². The lowest BCUT2D eigenvalue weighted by atomic mass is 9.79. The van der Waals surface area contributed by atoms with Gasteiger partial charge in [0.15, 0.2) is 0 Å². The Labute approximate surface area is 417 Å². The number of hydrogen-bond acceptors (Lipinski definition) is 11. The van der Waals surface area contributed by atoms with Gasteiger partial charge in [0.25, 0.3) is 0 Å². The second-order valence-electron chi connectivity index (χ2n) is 20.4. The highest BCUT2D eigenvalue weighted by molar-refractivity contribution is 9.10. The quantitative estimate of drug-likeness (QED) is 0.129. The number of nitrogens with zero attached hydrogens (tertiary/aromatic N) is 2. The largest absolute Gasteiger partial charge is 0.494 e. The predicted octanol–water partition coefficient (Wildman–Crippen LogP) is 11.4. The fraction of sp³-hybridized carbons (Fsp3) is 0.580. The fourth-order valence-corrected chi connectivity index (χ4v) is 5.75. The number of carbonyl (C=O) groups is 3. The zero-order chi connectivity index (χ0) is 51.1. The summed E-state index contributed by atoms with van der Waals surface area (Å²) < 4.78 is 47.0. The van der Waals surface area contributed by atoms with Crippen LogP contribution in [-0.2, 0) is 23.5 Å². The van der Waals surface area contributed by atoms with Crippen molar-refractivity contribution in [3.8, 4) is 17.2 Å². The highest BCUT2D eigenvalue weighted by Crippen LogP contribution is 2.36. The average molecular weight is 1070 g/mol. The Morgan fingerprint density at radius 3 is 1.21 bits per heavy atom. The molecule has 3 atom stereocenters. The van der Waals surface area contributed by atoms with Crippen LogP contribution in [0.5, 0.6) is 17.2 Å². The summed E-state index contributed by atoms with van der Waals surface area (Å²) in [5.74, 6) is 2.27. The summed E-state index contributed by atoms with van der Waals surface area (Å²) in [7, 11) is 3.03. The average Bonchev–Trinajstić information content (AvgIpc) is 3.42. The third-order valence-electron chi connectivity index (χ3n) is 9.96. The number of hydrogen-bond donors (Lipinski definition) is 1. The molecule has 1 aliphatic rings. The van der Waals surface area contributed by atoms with E-state index >= 15 is 0 Å². The van der Waals surface area contributed by atoms with Gasteiger partial charge in [-0.3, -0.25) is 0 Å². The molecule has 0 aliphatic carbocycles. The van der Waals surface area contributed by atoms with Crippen molar-refractivity contribution in [2.75, 3.05) is 33.9 Å². The molecule has 0 radical (unpaired) electrons. The molecular formula is C50H76BBr2N3O11. The van der Waals surface area contributed by atoms with Crippen LogP contribution in [-0.4, -0.2) is 115 Å². The first-order valence-corrected chi connectivity index (χ1v) is 24.0. The van der Waals surface area contributed by atoms with Crippen LogP contribution in [0.1, 0.15) is 111 Å². The van der Waals surface area contributed by atoms with Crippen molar-refractivity contribution in [1.82, 2.24) is 15.1 Å². The number of amides is 3. The zero-order valence-corrected chi connectivity index (χ0v) is 46.2. The molecule has 14 nitrogen and oxygen atoms in total. The number of halogens is 2. The second kappa shape index (κ2) is 25.4. The molecule has 374 valence electrons. The van der Waals surface area contributed by atoms with Crippen LogP contribution in [0.2, 0.25) is 0 Å². The van der Waals surface area contributed by atoms with Crippen LogP contribution in [0, 0.1) is 0 Å². The first-order chi connectivity index (χ1) is 30.7. The summed E-state index contributed by atoms with van der Waals surface area (Å²) in [6.07, 6.45) is -1.14. The van der Waals surface area contributed by atoms with E-state index < -0.39 is 30.0 Å². The van der Waals surface area contributed by atoms with Crippen molar-refractivity contribution >= 4 is 62.7 Å². The first kappa shape index (κ1) is 58.9. The van der Waals surface area contributed by atoms with Crippen molar-refractivity contribution in [2.45, 2.75) is 157 Å². The third kappa shape index (κ3) is 22.6. The van der Waals surface area contributed by atoms with Crippen molar-refractivity contribution < 1.29 is 52.1 Å². The van der Waals surface area contributed by atoms with Gasteiger partial charge in [-0.15, -0.1) is 0 Å². The van der Waals surface area contributed by atoms with Gasteiger partial charge in [-0.2, -0.15) is 0 Å². The molecule has 1 aliphatic heterocycles. The van der Waals surface area contributed by atoms with E-state index in [1.807, 2.05) is 184 Å². The van der Waals surface area contributed by atoms with Gasteiger partial charge in [-0.05, 0) is 177 Å². The molecular weight excluding hydrogens is 989 g/mol. The van der Waals surface area contributed by atoms with Crippen LogP contribution >= 0.6 is 31.9 Å². The standard InChI is InChI=1S/C21H34BNO5.C15H22BrNO3.C14H20BrNO3/c1-15(23(9)18(24)26-19(2,3)4)14-25-17-12-10-16(11-13-17)22-27-20(5,6)21(7,8)28-22;1-11(17(5)14(18)20-15(2,3)4)10-19-13-8-6-12(16)7-9-13;1-10(16-13(17)19-14(2,3)4)9-18-12-7-5-11(15)6-8-12/h10-13,15H,14H2,1-9H3;6-9,11H,10H2,1-5H3;5-8,10H,9H2,1-4H3,(H,16,17). The van der Waals surface area contributed by atoms with Gasteiger partial charge in [0.2, 0.25) is 0 Å². The Bertz CT molecular complexity index is 1970. The Hall–Kier alpha value is -4.19.